The summed E-state index contributed by atoms with van der Waals surface area (Å²) in [5.41, 5.74) is 4.74. The zero-order valence-corrected chi connectivity index (χ0v) is 16.4. The van der Waals surface area contributed by atoms with E-state index in [4.69, 9.17) is 4.98 Å². The Bertz CT molecular complexity index is 1160. The van der Waals surface area contributed by atoms with Gasteiger partial charge in [-0.3, -0.25) is 4.79 Å². The van der Waals surface area contributed by atoms with Gasteiger partial charge in [-0.2, -0.15) is 0 Å². The highest BCUT2D eigenvalue weighted by molar-refractivity contribution is 5.94. The van der Waals surface area contributed by atoms with Crippen LogP contribution in [0.5, 0.6) is 0 Å². The smallest absolute Gasteiger partial charge is 0.251 e. The number of aromatic nitrogens is 2. The van der Waals surface area contributed by atoms with Crippen LogP contribution in [0.2, 0.25) is 0 Å². The van der Waals surface area contributed by atoms with Gasteiger partial charge in [0.15, 0.2) is 0 Å². The Morgan fingerprint density at radius 1 is 1.03 bits per heavy atom. The molecule has 0 aliphatic heterocycles. The molecule has 0 spiro atoms. The van der Waals surface area contributed by atoms with Crippen LogP contribution in [0.4, 0.5) is 4.39 Å². The van der Waals surface area contributed by atoms with Crippen molar-refractivity contribution in [3.63, 3.8) is 0 Å². The zero-order valence-electron chi connectivity index (χ0n) is 16.4. The molecular formula is C24H22FN3O. The second-order valence-electron chi connectivity index (χ2n) is 7.17. The Balaban J connectivity index is 1.68. The molecule has 0 bridgehead atoms. The summed E-state index contributed by atoms with van der Waals surface area (Å²) in [5, 5.41) is 2.99. The molecule has 29 heavy (non-hydrogen) atoms. The van der Waals surface area contributed by atoms with Crippen LogP contribution in [0.15, 0.2) is 72.8 Å². The van der Waals surface area contributed by atoms with Crippen LogP contribution in [0.3, 0.4) is 0 Å². The summed E-state index contributed by atoms with van der Waals surface area (Å²) >= 11 is 0. The van der Waals surface area contributed by atoms with Crippen LogP contribution < -0.4 is 5.32 Å². The zero-order chi connectivity index (χ0) is 20.4. The lowest BCUT2D eigenvalue weighted by atomic mass is 10.1. The van der Waals surface area contributed by atoms with E-state index in [0.717, 1.165) is 16.9 Å². The van der Waals surface area contributed by atoms with Gasteiger partial charge < -0.3 is 9.88 Å². The minimum absolute atomic E-state index is 0.257. The average Bonchev–Trinajstić information content (AvgIpc) is 3.09. The third-order valence-corrected chi connectivity index (χ3v) is 5.12. The molecule has 0 aliphatic rings. The Morgan fingerprint density at radius 3 is 2.48 bits per heavy atom. The number of halogens is 1. The van der Waals surface area contributed by atoms with Crippen molar-refractivity contribution in [2.75, 3.05) is 0 Å². The predicted molar refractivity (Wildman–Crippen MR) is 112 cm³/mol. The third-order valence-electron chi connectivity index (χ3n) is 5.12. The Morgan fingerprint density at radius 2 is 1.72 bits per heavy atom. The van der Waals surface area contributed by atoms with Crippen LogP contribution in [0.25, 0.3) is 11.0 Å². The first-order valence-corrected chi connectivity index (χ1v) is 9.59. The molecule has 4 aromatic rings. The van der Waals surface area contributed by atoms with E-state index in [1.54, 1.807) is 0 Å². The number of hydrogen-bond donors (Lipinski definition) is 1. The molecule has 1 N–H and O–H groups in total. The van der Waals surface area contributed by atoms with Gasteiger partial charge >= 0.3 is 0 Å². The van der Waals surface area contributed by atoms with Crippen molar-refractivity contribution in [2.45, 2.75) is 26.4 Å². The largest absolute Gasteiger partial charge is 0.342 e. The van der Waals surface area contributed by atoms with Crippen molar-refractivity contribution in [1.82, 2.24) is 14.9 Å². The van der Waals surface area contributed by atoms with Crippen LogP contribution in [0, 0.1) is 12.7 Å². The topological polar surface area (TPSA) is 46.9 Å². The lowest BCUT2D eigenvalue weighted by Crippen LogP contribution is -2.28. The number of nitrogens with one attached hydrogen (secondary N) is 1. The molecule has 5 heteroatoms. The van der Waals surface area contributed by atoms with Gasteiger partial charge in [-0.25, -0.2) is 9.37 Å². The number of rotatable bonds is 5. The molecule has 0 saturated heterocycles. The Labute approximate surface area is 169 Å². The number of amides is 1. The summed E-state index contributed by atoms with van der Waals surface area (Å²) in [4.78, 5) is 17.4. The maximum absolute atomic E-state index is 13.1. The van der Waals surface area contributed by atoms with E-state index in [9.17, 15) is 9.18 Å². The predicted octanol–water partition coefficient (Wildman–Crippen LogP) is 5.02. The summed E-state index contributed by atoms with van der Waals surface area (Å²) < 4.78 is 15.3. The first-order chi connectivity index (χ1) is 14.0. The number of para-hydroxylation sites is 2. The lowest BCUT2D eigenvalue weighted by molar-refractivity contribution is 0.0937. The van der Waals surface area contributed by atoms with E-state index in [-0.39, 0.29) is 17.8 Å². The van der Waals surface area contributed by atoms with Crippen molar-refractivity contribution < 1.29 is 9.18 Å². The quantitative estimate of drug-likeness (QED) is 0.522. The number of hydrogen-bond acceptors (Lipinski definition) is 2. The summed E-state index contributed by atoms with van der Waals surface area (Å²) in [6, 6.07) is 21.4. The monoisotopic (exact) mass is 387 g/mol. The number of benzene rings is 3. The standard InChI is InChI=1S/C24H22FN3O/c1-16-7-3-4-8-19(16)15-28-22-10-6-5-9-21(22)27-23(28)17(2)26-24(29)18-11-13-20(25)14-12-18/h3-14,17H,15H2,1-2H3,(H,26,29). The molecule has 1 aromatic heterocycles. The van der Waals surface area contributed by atoms with Crippen LogP contribution >= 0.6 is 0 Å². The van der Waals surface area contributed by atoms with Crippen molar-refractivity contribution in [1.29, 1.82) is 0 Å². The van der Waals surface area contributed by atoms with Gasteiger partial charge in [-0.05, 0) is 61.4 Å². The van der Waals surface area contributed by atoms with Gasteiger partial charge in [-0.15, -0.1) is 0 Å². The maximum Gasteiger partial charge on any atom is 0.251 e. The van der Waals surface area contributed by atoms with Crippen LogP contribution in [0.1, 0.15) is 40.3 Å². The van der Waals surface area contributed by atoms with Crippen LogP contribution in [-0.2, 0) is 6.54 Å². The Hall–Kier alpha value is -3.47. The normalized spacial score (nSPS) is 12.1. The van der Waals surface area contributed by atoms with Crippen LogP contribution in [-0.4, -0.2) is 15.5 Å². The molecule has 3 aromatic carbocycles. The summed E-state index contributed by atoms with van der Waals surface area (Å²) in [6.07, 6.45) is 0. The second-order valence-corrected chi connectivity index (χ2v) is 7.17. The fourth-order valence-corrected chi connectivity index (χ4v) is 3.49. The highest BCUT2D eigenvalue weighted by atomic mass is 19.1. The molecule has 0 radical (unpaired) electrons. The molecule has 4 rings (SSSR count). The van der Waals surface area contributed by atoms with Gasteiger partial charge in [0.05, 0.1) is 17.1 Å². The molecule has 1 unspecified atom stereocenters. The van der Waals surface area contributed by atoms with E-state index in [0.29, 0.717) is 12.1 Å². The highest BCUT2D eigenvalue weighted by Crippen LogP contribution is 2.23. The van der Waals surface area contributed by atoms with Gasteiger partial charge in [-0.1, -0.05) is 36.4 Å². The fraction of sp³-hybridized carbons (Fsp3) is 0.167. The van der Waals surface area contributed by atoms with Gasteiger partial charge in [0, 0.05) is 12.1 Å². The molecule has 0 fully saturated rings. The van der Waals surface area contributed by atoms with Gasteiger partial charge in [0.25, 0.3) is 5.91 Å². The van der Waals surface area contributed by atoms with E-state index in [1.165, 1.54) is 35.4 Å². The highest BCUT2D eigenvalue weighted by Gasteiger charge is 2.19. The van der Waals surface area contributed by atoms with E-state index in [2.05, 4.69) is 28.9 Å². The lowest BCUT2D eigenvalue weighted by Gasteiger charge is -2.17. The maximum atomic E-state index is 13.1. The number of carbonyl (C=O) groups is 1. The minimum Gasteiger partial charge on any atom is -0.342 e. The molecule has 4 nitrogen and oxygen atoms in total. The first kappa shape index (κ1) is 18.9. The van der Waals surface area contributed by atoms with Crippen molar-refractivity contribution in [2.24, 2.45) is 0 Å². The number of imidazole rings is 1. The molecule has 1 atom stereocenters. The molecule has 0 saturated carbocycles. The SMILES string of the molecule is Cc1ccccc1Cn1c(C(C)NC(=O)c2ccc(F)cc2)nc2ccccc21. The fourth-order valence-electron chi connectivity index (χ4n) is 3.49. The summed E-state index contributed by atoms with van der Waals surface area (Å²) in [7, 11) is 0. The molecule has 1 amide bonds. The average molecular weight is 387 g/mol. The molecule has 1 heterocycles. The first-order valence-electron chi connectivity index (χ1n) is 9.59. The summed E-state index contributed by atoms with van der Waals surface area (Å²) in [5.74, 6) is 0.159. The van der Waals surface area contributed by atoms with E-state index in [1.807, 2.05) is 43.3 Å². The van der Waals surface area contributed by atoms with E-state index >= 15 is 0 Å². The molecular weight excluding hydrogens is 365 g/mol. The summed E-state index contributed by atoms with van der Waals surface area (Å²) in [6.45, 7) is 4.67. The van der Waals surface area contributed by atoms with E-state index < -0.39 is 0 Å². The molecule has 146 valence electrons. The third kappa shape index (κ3) is 3.90. The number of aryl methyl sites for hydroxylation is 1. The number of carbonyl (C=O) groups excluding carboxylic acids is 1. The van der Waals surface area contributed by atoms with Crippen molar-refractivity contribution >= 4 is 16.9 Å². The Kier molecular flexibility index (Phi) is 5.12. The van der Waals surface area contributed by atoms with Gasteiger partial charge in [0.1, 0.15) is 11.6 Å². The van der Waals surface area contributed by atoms with Gasteiger partial charge in [0.2, 0.25) is 0 Å². The van der Waals surface area contributed by atoms with Crippen molar-refractivity contribution in [3.05, 3.63) is 101 Å². The number of fused-ring (bicyclic) bond motifs is 1. The minimum atomic E-state index is -0.366. The second kappa shape index (κ2) is 7.87. The molecule has 0 aliphatic carbocycles. The van der Waals surface area contributed by atoms with Crippen molar-refractivity contribution in [3.8, 4) is 0 Å². The number of nitrogens with zero attached hydrogens (tertiary/aromatic N) is 2.